The molecular formula is C22H23F3N4S2. The first kappa shape index (κ1) is 22.0. The number of benzene rings is 1. The second-order valence-electron chi connectivity index (χ2n) is 7.59. The van der Waals surface area contributed by atoms with E-state index >= 15 is 0 Å². The van der Waals surface area contributed by atoms with Gasteiger partial charge in [-0.05, 0) is 62.0 Å². The van der Waals surface area contributed by atoms with E-state index in [4.69, 9.17) is 0 Å². The van der Waals surface area contributed by atoms with E-state index in [1.165, 1.54) is 9.60 Å². The minimum absolute atomic E-state index is 0.0976. The second-order valence-corrected chi connectivity index (χ2v) is 9.37. The monoisotopic (exact) mass is 464 g/mol. The zero-order valence-corrected chi connectivity index (χ0v) is 18.7. The van der Waals surface area contributed by atoms with Gasteiger partial charge in [0.05, 0.1) is 28.0 Å². The summed E-state index contributed by atoms with van der Waals surface area (Å²) >= 11 is 3.31. The first-order valence-electron chi connectivity index (χ1n) is 10.1. The summed E-state index contributed by atoms with van der Waals surface area (Å²) in [5, 5.41) is 6.67. The number of aromatic nitrogens is 2. The lowest BCUT2D eigenvalue weighted by atomic mass is 10.0. The van der Waals surface area contributed by atoms with E-state index in [0.29, 0.717) is 6.54 Å². The molecule has 1 fully saturated rings. The van der Waals surface area contributed by atoms with Crippen LogP contribution in [0.4, 0.5) is 24.5 Å². The molecule has 1 atom stereocenters. The summed E-state index contributed by atoms with van der Waals surface area (Å²) in [6.07, 6.45) is 0.667. The third-order valence-electron chi connectivity index (χ3n) is 5.30. The highest BCUT2D eigenvalue weighted by Gasteiger charge is 2.33. The molecule has 164 valence electrons. The number of halogens is 3. The molecule has 0 amide bonds. The Morgan fingerprint density at radius 1 is 1.13 bits per heavy atom. The molecule has 1 N–H and O–H groups in total. The van der Waals surface area contributed by atoms with Crippen molar-refractivity contribution in [2.24, 2.45) is 0 Å². The molecule has 0 radical (unpaired) electrons. The summed E-state index contributed by atoms with van der Waals surface area (Å²) < 4.78 is 37.1. The molecule has 31 heavy (non-hydrogen) atoms. The Balaban J connectivity index is 0.000000168. The lowest BCUT2D eigenvalue weighted by Crippen LogP contribution is -2.43. The standard InChI is InChI=1S/C14H9N3S2.C8H14F3N/c1-2-13-12(16-8-19-13)7-9(1)17-11-3-5-15-14-10(11)4-6-18-14;1-7-4-2-3-5-12(7)6-8(9,10)11/h1-8H,(H,15,17);7H,2-6H2,1H3. The molecule has 0 bridgehead atoms. The summed E-state index contributed by atoms with van der Waals surface area (Å²) in [5.74, 6) is 0. The van der Waals surface area contributed by atoms with Gasteiger partial charge >= 0.3 is 6.18 Å². The van der Waals surface area contributed by atoms with Crippen molar-refractivity contribution in [1.29, 1.82) is 0 Å². The van der Waals surface area contributed by atoms with Crippen molar-refractivity contribution in [3.63, 3.8) is 0 Å². The first-order chi connectivity index (χ1) is 14.9. The molecule has 0 aliphatic carbocycles. The second kappa shape index (κ2) is 9.50. The summed E-state index contributed by atoms with van der Waals surface area (Å²) in [6, 6.07) is 10.4. The minimum atomic E-state index is -4.04. The molecule has 3 aromatic heterocycles. The molecule has 1 aromatic carbocycles. The van der Waals surface area contributed by atoms with Crippen LogP contribution in [0.15, 0.2) is 47.4 Å². The van der Waals surface area contributed by atoms with Crippen molar-refractivity contribution < 1.29 is 13.2 Å². The largest absolute Gasteiger partial charge is 0.401 e. The fourth-order valence-corrected chi connectivity index (χ4v) is 5.12. The number of nitrogens with zero attached hydrogens (tertiary/aromatic N) is 3. The van der Waals surface area contributed by atoms with Crippen LogP contribution in [-0.2, 0) is 0 Å². The van der Waals surface area contributed by atoms with Crippen molar-refractivity contribution in [1.82, 2.24) is 14.9 Å². The van der Waals surface area contributed by atoms with Crippen LogP contribution in [0.25, 0.3) is 20.4 Å². The van der Waals surface area contributed by atoms with Crippen LogP contribution in [0, 0.1) is 0 Å². The molecule has 4 heterocycles. The highest BCUT2D eigenvalue weighted by Crippen LogP contribution is 2.30. The van der Waals surface area contributed by atoms with Crippen LogP contribution < -0.4 is 5.32 Å². The lowest BCUT2D eigenvalue weighted by Gasteiger charge is -2.33. The molecular weight excluding hydrogens is 441 g/mol. The lowest BCUT2D eigenvalue weighted by molar-refractivity contribution is -0.152. The van der Waals surface area contributed by atoms with Gasteiger partial charge < -0.3 is 5.32 Å². The molecule has 1 saturated heterocycles. The number of hydrogen-bond donors (Lipinski definition) is 1. The Labute approximate surface area is 186 Å². The van der Waals surface area contributed by atoms with E-state index in [1.54, 1.807) is 22.7 Å². The number of thiophene rings is 1. The Morgan fingerprint density at radius 2 is 2.00 bits per heavy atom. The number of pyridine rings is 1. The maximum absolute atomic E-state index is 12.0. The van der Waals surface area contributed by atoms with E-state index in [0.717, 1.165) is 46.4 Å². The Morgan fingerprint density at radius 3 is 2.81 bits per heavy atom. The maximum Gasteiger partial charge on any atom is 0.401 e. The fraction of sp³-hybridized carbons (Fsp3) is 0.364. The van der Waals surface area contributed by atoms with Gasteiger partial charge in [-0.3, -0.25) is 4.90 Å². The quantitative estimate of drug-likeness (QED) is 0.352. The number of thiazole rings is 1. The highest BCUT2D eigenvalue weighted by atomic mass is 32.1. The predicted octanol–water partition coefficient (Wildman–Crippen LogP) is 7.07. The Bertz CT molecular complexity index is 1140. The number of rotatable bonds is 3. The summed E-state index contributed by atoms with van der Waals surface area (Å²) in [4.78, 5) is 11.3. The molecule has 1 aliphatic rings. The highest BCUT2D eigenvalue weighted by molar-refractivity contribution is 7.17. The van der Waals surface area contributed by atoms with Crippen molar-refractivity contribution in [2.45, 2.75) is 38.4 Å². The summed E-state index contributed by atoms with van der Waals surface area (Å²) in [7, 11) is 0. The van der Waals surface area contributed by atoms with Crippen LogP contribution in [0.1, 0.15) is 26.2 Å². The van der Waals surface area contributed by atoms with Gasteiger partial charge in [0.25, 0.3) is 0 Å². The van der Waals surface area contributed by atoms with Gasteiger partial charge in [-0.15, -0.1) is 22.7 Å². The number of nitrogens with one attached hydrogen (secondary N) is 1. The molecule has 9 heteroatoms. The van der Waals surface area contributed by atoms with E-state index < -0.39 is 12.7 Å². The summed E-state index contributed by atoms with van der Waals surface area (Å²) in [6.45, 7) is 1.72. The van der Waals surface area contributed by atoms with Crippen LogP contribution in [0.5, 0.6) is 0 Å². The number of fused-ring (bicyclic) bond motifs is 2. The molecule has 4 aromatic rings. The number of alkyl halides is 3. The number of hydrogen-bond acceptors (Lipinski definition) is 6. The average Bonchev–Trinajstić information content (AvgIpc) is 3.38. The SMILES string of the molecule is CC1CCCCN1CC(F)(F)F.c1cc(Nc2ccc3scnc3c2)c2ccsc2n1. The Hall–Kier alpha value is -2.23. The van der Waals surface area contributed by atoms with Crippen molar-refractivity contribution in [3.8, 4) is 0 Å². The number of piperidine rings is 1. The van der Waals surface area contributed by atoms with Gasteiger partial charge in [0, 0.05) is 23.3 Å². The van der Waals surface area contributed by atoms with E-state index in [2.05, 4.69) is 44.9 Å². The topological polar surface area (TPSA) is 41.0 Å². The van der Waals surface area contributed by atoms with Gasteiger partial charge in [0.1, 0.15) is 4.83 Å². The van der Waals surface area contributed by atoms with Crippen molar-refractivity contribution in [2.75, 3.05) is 18.4 Å². The smallest absolute Gasteiger partial charge is 0.355 e. The number of anilines is 2. The van der Waals surface area contributed by atoms with Crippen molar-refractivity contribution in [3.05, 3.63) is 47.4 Å². The van der Waals surface area contributed by atoms with Gasteiger partial charge in [0.2, 0.25) is 0 Å². The van der Waals surface area contributed by atoms with E-state index in [1.807, 2.05) is 24.7 Å². The van der Waals surface area contributed by atoms with Crippen LogP contribution in [0.2, 0.25) is 0 Å². The van der Waals surface area contributed by atoms with Crippen LogP contribution in [-0.4, -0.2) is 40.2 Å². The molecule has 1 aliphatic heterocycles. The zero-order valence-electron chi connectivity index (χ0n) is 17.0. The normalized spacial score (nSPS) is 17.5. The first-order valence-corrected chi connectivity index (χ1v) is 11.9. The average molecular weight is 465 g/mol. The van der Waals surface area contributed by atoms with Gasteiger partial charge in [-0.25, -0.2) is 9.97 Å². The van der Waals surface area contributed by atoms with E-state index in [9.17, 15) is 13.2 Å². The van der Waals surface area contributed by atoms with E-state index in [-0.39, 0.29) is 6.04 Å². The number of likely N-dealkylation sites (tertiary alicyclic amines) is 1. The molecule has 1 unspecified atom stereocenters. The minimum Gasteiger partial charge on any atom is -0.355 e. The van der Waals surface area contributed by atoms with Crippen LogP contribution >= 0.6 is 22.7 Å². The predicted molar refractivity (Wildman–Crippen MR) is 123 cm³/mol. The summed E-state index contributed by atoms with van der Waals surface area (Å²) in [5.41, 5.74) is 5.04. The van der Waals surface area contributed by atoms with Crippen molar-refractivity contribution >= 4 is 54.5 Å². The third-order valence-corrected chi connectivity index (χ3v) is 6.93. The zero-order chi connectivity index (χ0) is 21.8. The maximum atomic E-state index is 12.0. The van der Waals surface area contributed by atoms with Gasteiger partial charge in [0.15, 0.2) is 0 Å². The molecule has 0 saturated carbocycles. The molecule has 5 rings (SSSR count). The molecule has 4 nitrogen and oxygen atoms in total. The third kappa shape index (κ3) is 5.72. The Kier molecular flexibility index (Phi) is 6.74. The molecule has 0 spiro atoms. The fourth-order valence-electron chi connectivity index (χ4n) is 3.70. The van der Waals surface area contributed by atoms with Gasteiger partial charge in [-0.1, -0.05) is 6.42 Å². The van der Waals surface area contributed by atoms with Crippen LogP contribution in [0.3, 0.4) is 0 Å². The van der Waals surface area contributed by atoms with Gasteiger partial charge in [-0.2, -0.15) is 13.2 Å².